The summed E-state index contributed by atoms with van der Waals surface area (Å²) in [5.74, 6) is 0.140. The Bertz CT molecular complexity index is 360. The third-order valence-corrected chi connectivity index (χ3v) is 4.10. The van der Waals surface area contributed by atoms with Crippen LogP contribution < -0.4 is 0 Å². The summed E-state index contributed by atoms with van der Waals surface area (Å²) < 4.78 is 0. The number of likely N-dealkylation sites (N-methyl/N-ethyl adjacent to an activating group) is 1. The van der Waals surface area contributed by atoms with Gasteiger partial charge in [0.1, 0.15) is 0 Å². The topological polar surface area (TPSA) is 20.3 Å². The van der Waals surface area contributed by atoms with Crippen LogP contribution in [0.1, 0.15) is 13.8 Å². The molecule has 1 atom stereocenters. The zero-order valence-corrected chi connectivity index (χ0v) is 14.4. The minimum Gasteiger partial charge on any atom is -0.338 e. The predicted molar refractivity (Wildman–Crippen MR) is 81.4 cm³/mol. The SMILES string of the molecule is C/C=C1\C(=O)N(C)[C@@H](C)C12[CH][CH][CH][CH][CH]2.[CH]1[CH][CH][CH][CH]1.[Ru+2]. The van der Waals surface area contributed by atoms with E-state index in [1.54, 1.807) is 0 Å². The molecular formula is C18H21NORu+2. The van der Waals surface area contributed by atoms with Gasteiger partial charge in [-0.3, -0.25) is 4.79 Å². The molecule has 21 heavy (non-hydrogen) atoms. The van der Waals surface area contributed by atoms with Gasteiger partial charge in [0.05, 0.1) is 0 Å². The van der Waals surface area contributed by atoms with Gasteiger partial charge in [0, 0.05) is 24.1 Å². The zero-order chi connectivity index (χ0) is 14.6. The van der Waals surface area contributed by atoms with Crippen molar-refractivity contribution in [1.82, 2.24) is 4.90 Å². The van der Waals surface area contributed by atoms with Gasteiger partial charge in [-0.15, -0.1) is 0 Å². The molecule has 0 aromatic heterocycles. The molecule has 2 saturated carbocycles. The van der Waals surface area contributed by atoms with Gasteiger partial charge in [-0.25, -0.2) is 0 Å². The Balaban J connectivity index is 0.000000313. The van der Waals surface area contributed by atoms with Crippen LogP contribution in [-0.4, -0.2) is 23.9 Å². The Morgan fingerprint density at radius 1 is 1.00 bits per heavy atom. The van der Waals surface area contributed by atoms with Crippen molar-refractivity contribution in [2.24, 2.45) is 5.41 Å². The molecule has 110 valence electrons. The molecule has 1 spiro atoms. The van der Waals surface area contributed by atoms with Gasteiger partial charge in [-0.05, 0) is 78.1 Å². The summed E-state index contributed by atoms with van der Waals surface area (Å²) in [6, 6.07) is 0.192. The molecule has 1 saturated heterocycles. The van der Waals surface area contributed by atoms with Gasteiger partial charge >= 0.3 is 19.5 Å². The van der Waals surface area contributed by atoms with Crippen LogP contribution in [0.15, 0.2) is 11.6 Å². The van der Waals surface area contributed by atoms with E-state index in [2.05, 4.69) is 19.8 Å². The summed E-state index contributed by atoms with van der Waals surface area (Å²) >= 11 is 0. The van der Waals surface area contributed by atoms with Crippen molar-refractivity contribution in [3.8, 4) is 0 Å². The second-order valence-corrected chi connectivity index (χ2v) is 5.10. The fraction of sp³-hybridized carbons (Fsp3) is 0.278. The maximum absolute atomic E-state index is 12.0. The summed E-state index contributed by atoms with van der Waals surface area (Å²) in [5, 5.41) is 0. The summed E-state index contributed by atoms with van der Waals surface area (Å²) in [7, 11) is 1.87. The van der Waals surface area contributed by atoms with Gasteiger partial charge in [0.25, 0.3) is 0 Å². The number of carbonyl (C=O) groups excluding carboxylic acids is 1. The second kappa shape index (κ2) is 8.46. The third kappa shape index (κ3) is 3.78. The van der Waals surface area contributed by atoms with Gasteiger partial charge in [0.15, 0.2) is 0 Å². The van der Waals surface area contributed by atoms with Crippen LogP contribution in [0.2, 0.25) is 0 Å². The molecule has 3 heteroatoms. The molecule has 0 bridgehead atoms. The van der Waals surface area contributed by atoms with Crippen LogP contribution >= 0.6 is 0 Å². The zero-order valence-electron chi connectivity index (χ0n) is 12.6. The number of allylic oxidation sites excluding steroid dienone is 1. The van der Waals surface area contributed by atoms with Gasteiger partial charge < -0.3 is 4.90 Å². The summed E-state index contributed by atoms with van der Waals surface area (Å²) in [6.45, 7) is 4.02. The van der Waals surface area contributed by atoms with E-state index in [-0.39, 0.29) is 36.8 Å². The van der Waals surface area contributed by atoms with E-state index in [4.69, 9.17) is 0 Å². The second-order valence-electron chi connectivity index (χ2n) is 5.10. The Morgan fingerprint density at radius 2 is 1.43 bits per heavy atom. The molecule has 1 aliphatic heterocycles. The number of hydrogen-bond donors (Lipinski definition) is 0. The molecule has 1 heterocycles. The molecule has 3 fully saturated rings. The fourth-order valence-electron chi connectivity index (χ4n) is 2.80. The first-order valence-electron chi connectivity index (χ1n) is 6.94. The standard InChI is InChI=1S/C13H16NO.C5H5.Ru/c1-4-11-12(15)14(3)10(2)13(11)8-6-5-7-9-13;1-2-4-5-3-1;/h4-10H,1-3H3;1-5H;/q;;+2/b11-4+;;/t10-;;/m0../s1. The van der Waals surface area contributed by atoms with Gasteiger partial charge in [0.2, 0.25) is 5.91 Å². The quantitative estimate of drug-likeness (QED) is 0.476. The molecule has 0 unspecified atom stereocenters. The Morgan fingerprint density at radius 3 is 1.86 bits per heavy atom. The van der Waals surface area contributed by atoms with Crippen LogP contribution in [0.3, 0.4) is 0 Å². The maximum Gasteiger partial charge on any atom is 2.00 e. The normalized spacial score (nSPS) is 29.3. The maximum atomic E-state index is 12.0. The molecule has 2 nitrogen and oxygen atoms in total. The Hall–Kier alpha value is -0.167. The minimum atomic E-state index is -0.213. The van der Waals surface area contributed by atoms with E-state index in [1.807, 2.05) is 76.3 Å². The first-order valence-corrected chi connectivity index (χ1v) is 6.94. The monoisotopic (exact) mass is 369 g/mol. The van der Waals surface area contributed by atoms with Crippen molar-refractivity contribution >= 4 is 5.91 Å². The molecule has 3 rings (SSSR count). The Kier molecular flexibility index (Phi) is 7.61. The number of rotatable bonds is 0. The van der Waals surface area contributed by atoms with E-state index in [1.165, 1.54) is 0 Å². The van der Waals surface area contributed by atoms with Crippen molar-refractivity contribution in [3.05, 3.63) is 75.9 Å². The molecule has 0 N–H and O–H groups in total. The van der Waals surface area contributed by atoms with Gasteiger partial charge in [-0.1, -0.05) is 6.08 Å². The third-order valence-electron chi connectivity index (χ3n) is 4.10. The fourth-order valence-corrected chi connectivity index (χ4v) is 2.80. The molecule has 1 amide bonds. The largest absolute Gasteiger partial charge is 2.00 e. The number of hydrogen-bond acceptors (Lipinski definition) is 1. The van der Waals surface area contributed by atoms with Crippen LogP contribution in [-0.2, 0) is 24.3 Å². The van der Waals surface area contributed by atoms with E-state index >= 15 is 0 Å². The average molecular weight is 368 g/mol. The Labute approximate surface area is 143 Å². The first-order chi connectivity index (χ1) is 9.63. The molecule has 3 aliphatic rings. The number of likely N-dealkylation sites (tertiary alicyclic amines) is 1. The summed E-state index contributed by atoms with van der Waals surface area (Å²) in [4.78, 5) is 13.8. The predicted octanol–water partition coefficient (Wildman–Crippen LogP) is 2.83. The van der Waals surface area contributed by atoms with Crippen LogP contribution in [0.25, 0.3) is 0 Å². The van der Waals surface area contributed by atoms with Crippen LogP contribution in [0, 0.1) is 69.6 Å². The van der Waals surface area contributed by atoms with Crippen molar-refractivity contribution in [1.29, 1.82) is 0 Å². The van der Waals surface area contributed by atoms with E-state index in [9.17, 15) is 4.79 Å². The number of nitrogens with zero attached hydrogens (tertiary/aromatic N) is 1. The minimum absolute atomic E-state index is 0. The van der Waals surface area contributed by atoms with E-state index < -0.39 is 0 Å². The smallest absolute Gasteiger partial charge is 0.338 e. The number of carbonyl (C=O) groups is 1. The van der Waals surface area contributed by atoms with E-state index in [0.717, 1.165) is 5.57 Å². The van der Waals surface area contributed by atoms with Crippen molar-refractivity contribution in [2.45, 2.75) is 19.9 Å². The van der Waals surface area contributed by atoms with Crippen molar-refractivity contribution < 1.29 is 24.3 Å². The van der Waals surface area contributed by atoms with Crippen molar-refractivity contribution in [2.75, 3.05) is 7.05 Å². The molecule has 2 aliphatic carbocycles. The van der Waals surface area contributed by atoms with Crippen LogP contribution in [0.4, 0.5) is 0 Å². The van der Waals surface area contributed by atoms with Gasteiger partial charge in [-0.2, -0.15) is 0 Å². The molecule has 0 aromatic carbocycles. The molecule has 10 radical (unpaired) electrons. The number of amides is 1. The average Bonchev–Trinajstić information content (AvgIpc) is 3.10. The molecule has 0 aromatic rings. The first kappa shape index (κ1) is 18.9. The molecular weight excluding hydrogens is 347 g/mol. The van der Waals surface area contributed by atoms with E-state index in [0.29, 0.717) is 0 Å². The summed E-state index contributed by atoms with van der Waals surface area (Å²) in [5.41, 5.74) is 0.674. The summed E-state index contributed by atoms with van der Waals surface area (Å²) in [6.07, 6.45) is 22.2. The van der Waals surface area contributed by atoms with Crippen molar-refractivity contribution in [3.63, 3.8) is 0 Å². The van der Waals surface area contributed by atoms with Crippen LogP contribution in [0.5, 0.6) is 0 Å².